The van der Waals surface area contributed by atoms with Gasteiger partial charge in [0.15, 0.2) is 0 Å². The van der Waals surface area contributed by atoms with E-state index in [0.29, 0.717) is 0 Å². The van der Waals surface area contributed by atoms with E-state index in [4.69, 9.17) is 4.74 Å². The molecule has 24 heavy (non-hydrogen) atoms. The third kappa shape index (κ3) is 4.02. The van der Waals surface area contributed by atoms with E-state index in [1.54, 1.807) is 6.21 Å². The van der Waals surface area contributed by atoms with Gasteiger partial charge in [-0.1, -0.05) is 30.3 Å². The first kappa shape index (κ1) is 15.8. The zero-order chi connectivity index (χ0) is 16.8. The van der Waals surface area contributed by atoms with Gasteiger partial charge in [-0.15, -0.1) is 0 Å². The lowest BCUT2D eigenvalue weighted by Gasteiger charge is -2.10. The van der Waals surface area contributed by atoms with E-state index >= 15 is 0 Å². The third-order valence-corrected chi connectivity index (χ3v) is 3.84. The van der Waals surface area contributed by atoms with Gasteiger partial charge in [-0.05, 0) is 73.0 Å². The Bertz CT molecular complexity index is 824. The number of anilines is 1. The van der Waals surface area contributed by atoms with Crippen LogP contribution in [0.1, 0.15) is 16.7 Å². The van der Waals surface area contributed by atoms with Crippen molar-refractivity contribution in [3.05, 3.63) is 89.5 Å². The summed E-state index contributed by atoms with van der Waals surface area (Å²) in [6.45, 7) is 4.16. The Morgan fingerprint density at radius 1 is 0.833 bits per heavy atom. The molecule has 0 saturated carbocycles. The van der Waals surface area contributed by atoms with Crippen LogP contribution in [0.5, 0.6) is 11.5 Å². The molecule has 0 atom stereocenters. The maximum atomic E-state index is 5.96. The lowest BCUT2D eigenvalue weighted by atomic mass is 10.1. The topological polar surface area (TPSA) is 33.6 Å². The van der Waals surface area contributed by atoms with Crippen molar-refractivity contribution in [2.45, 2.75) is 13.8 Å². The van der Waals surface area contributed by atoms with Crippen LogP contribution >= 0.6 is 0 Å². The van der Waals surface area contributed by atoms with Crippen molar-refractivity contribution < 1.29 is 4.74 Å². The summed E-state index contributed by atoms with van der Waals surface area (Å²) >= 11 is 0. The van der Waals surface area contributed by atoms with Gasteiger partial charge in [-0.3, -0.25) is 5.43 Å². The largest absolute Gasteiger partial charge is 0.457 e. The highest BCUT2D eigenvalue weighted by atomic mass is 16.5. The fraction of sp³-hybridized carbons (Fsp3) is 0.0952. The minimum atomic E-state index is 0.817. The van der Waals surface area contributed by atoms with Gasteiger partial charge in [0.1, 0.15) is 11.5 Å². The molecule has 3 rings (SSSR count). The molecule has 0 fully saturated rings. The average molecular weight is 316 g/mol. The van der Waals surface area contributed by atoms with Gasteiger partial charge in [0.05, 0.1) is 11.9 Å². The van der Waals surface area contributed by atoms with Gasteiger partial charge < -0.3 is 4.74 Å². The molecule has 3 heteroatoms. The van der Waals surface area contributed by atoms with Crippen molar-refractivity contribution in [1.82, 2.24) is 0 Å². The highest BCUT2D eigenvalue weighted by Crippen LogP contribution is 2.26. The number of benzene rings is 3. The monoisotopic (exact) mass is 316 g/mol. The van der Waals surface area contributed by atoms with Crippen molar-refractivity contribution in [3.8, 4) is 11.5 Å². The van der Waals surface area contributed by atoms with E-state index in [-0.39, 0.29) is 0 Å². The van der Waals surface area contributed by atoms with Crippen LogP contribution in [0.4, 0.5) is 5.69 Å². The Labute approximate surface area is 142 Å². The SMILES string of the molecule is Cc1cccc(Oc2ccc(C=NNc3ccccc3)cc2)c1C. The summed E-state index contributed by atoms with van der Waals surface area (Å²) in [6.07, 6.45) is 1.79. The molecular weight excluding hydrogens is 296 g/mol. The van der Waals surface area contributed by atoms with Crippen LogP contribution in [0.15, 0.2) is 77.9 Å². The van der Waals surface area contributed by atoms with Crippen molar-refractivity contribution in [1.29, 1.82) is 0 Å². The number of ether oxygens (including phenoxy) is 1. The van der Waals surface area contributed by atoms with Crippen LogP contribution in [-0.4, -0.2) is 6.21 Å². The smallest absolute Gasteiger partial charge is 0.130 e. The average Bonchev–Trinajstić information content (AvgIpc) is 2.61. The van der Waals surface area contributed by atoms with Crippen molar-refractivity contribution in [2.75, 3.05) is 5.43 Å². The second-order valence-corrected chi connectivity index (χ2v) is 5.61. The molecule has 0 heterocycles. The Morgan fingerprint density at radius 3 is 2.33 bits per heavy atom. The molecule has 0 amide bonds. The number of para-hydroxylation sites is 1. The second kappa shape index (κ2) is 7.47. The molecule has 3 nitrogen and oxygen atoms in total. The molecule has 0 aliphatic carbocycles. The third-order valence-electron chi connectivity index (χ3n) is 3.84. The molecule has 0 bridgehead atoms. The fourth-order valence-electron chi connectivity index (χ4n) is 2.28. The van der Waals surface area contributed by atoms with Gasteiger partial charge >= 0.3 is 0 Å². The Morgan fingerprint density at radius 2 is 1.58 bits per heavy atom. The molecule has 0 unspecified atom stereocenters. The molecule has 0 aliphatic rings. The van der Waals surface area contributed by atoms with Crippen molar-refractivity contribution >= 4 is 11.9 Å². The summed E-state index contributed by atoms with van der Waals surface area (Å²) < 4.78 is 5.96. The molecule has 0 radical (unpaired) electrons. The first-order valence-corrected chi connectivity index (χ1v) is 7.90. The maximum Gasteiger partial charge on any atom is 0.130 e. The Balaban J connectivity index is 1.64. The summed E-state index contributed by atoms with van der Waals surface area (Å²) in [5.74, 6) is 1.71. The number of hydrogen-bond donors (Lipinski definition) is 1. The van der Waals surface area contributed by atoms with Gasteiger partial charge in [0.2, 0.25) is 0 Å². The van der Waals surface area contributed by atoms with Gasteiger partial charge in [0, 0.05) is 0 Å². The first-order chi connectivity index (χ1) is 11.7. The number of nitrogens with one attached hydrogen (secondary N) is 1. The minimum absolute atomic E-state index is 0.817. The van der Waals surface area contributed by atoms with Crippen molar-refractivity contribution in [2.24, 2.45) is 5.10 Å². The van der Waals surface area contributed by atoms with Gasteiger partial charge in [0.25, 0.3) is 0 Å². The highest BCUT2D eigenvalue weighted by Gasteiger charge is 2.03. The quantitative estimate of drug-likeness (QED) is 0.495. The first-order valence-electron chi connectivity index (χ1n) is 7.90. The summed E-state index contributed by atoms with van der Waals surface area (Å²) in [6, 6.07) is 23.8. The van der Waals surface area contributed by atoms with Crippen LogP contribution in [0, 0.1) is 13.8 Å². The second-order valence-electron chi connectivity index (χ2n) is 5.61. The molecule has 1 N–H and O–H groups in total. The molecule has 0 saturated heterocycles. The number of nitrogens with zero attached hydrogens (tertiary/aromatic N) is 1. The van der Waals surface area contributed by atoms with Gasteiger partial charge in [-0.2, -0.15) is 5.10 Å². The van der Waals surface area contributed by atoms with E-state index in [1.165, 1.54) is 5.56 Å². The molecule has 3 aromatic rings. The molecule has 0 aromatic heterocycles. The van der Waals surface area contributed by atoms with Crippen LogP contribution in [0.3, 0.4) is 0 Å². The molecular formula is C21H20N2O. The lowest BCUT2D eigenvalue weighted by molar-refractivity contribution is 0.478. The lowest BCUT2D eigenvalue weighted by Crippen LogP contribution is -1.92. The maximum absolute atomic E-state index is 5.96. The zero-order valence-electron chi connectivity index (χ0n) is 13.9. The van der Waals surface area contributed by atoms with Crippen LogP contribution in [0.25, 0.3) is 0 Å². The Kier molecular flexibility index (Phi) is 4.92. The van der Waals surface area contributed by atoms with E-state index in [1.807, 2.05) is 66.7 Å². The predicted octanol–water partition coefficient (Wildman–Crippen LogP) is 5.54. The van der Waals surface area contributed by atoms with E-state index < -0.39 is 0 Å². The minimum Gasteiger partial charge on any atom is -0.457 e. The highest BCUT2D eigenvalue weighted by molar-refractivity contribution is 5.80. The summed E-state index contributed by atoms with van der Waals surface area (Å²) in [5.41, 5.74) is 7.35. The van der Waals surface area contributed by atoms with Gasteiger partial charge in [-0.25, -0.2) is 0 Å². The zero-order valence-corrected chi connectivity index (χ0v) is 13.9. The van der Waals surface area contributed by atoms with E-state index in [2.05, 4.69) is 30.4 Å². The normalized spacial score (nSPS) is 10.8. The Hall–Kier alpha value is -3.07. The fourth-order valence-corrected chi connectivity index (χ4v) is 2.28. The number of aryl methyl sites for hydroxylation is 1. The number of hydrazone groups is 1. The molecule has 0 spiro atoms. The van der Waals surface area contributed by atoms with E-state index in [0.717, 1.165) is 28.3 Å². The summed E-state index contributed by atoms with van der Waals surface area (Å²) in [5, 5.41) is 4.24. The number of rotatable bonds is 5. The molecule has 0 aliphatic heterocycles. The summed E-state index contributed by atoms with van der Waals surface area (Å²) in [7, 11) is 0. The molecule has 120 valence electrons. The van der Waals surface area contributed by atoms with Crippen LogP contribution in [-0.2, 0) is 0 Å². The van der Waals surface area contributed by atoms with Crippen LogP contribution in [0.2, 0.25) is 0 Å². The molecule has 3 aromatic carbocycles. The predicted molar refractivity (Wildman–Crippen MR) is 100 cm³/mol. The van der Waals surface area contributed by atoms with E-state index in [9.17, 15) is 0 Å². The summed E-state index contributed by atoms with van der Waals surface area (Å²) in [4.78, 5) is 0. The number of hydrogen-bond acceptors (Lipinski definition) is 3. The standard InChI is InChI=1S/C21H20N2O/c1-16-7-6-10-21(17(16)2)24-20-13-11-18(12-14-20)15-22-23-19-8-4-3-5-9-19/h3-15,23H,1-2H3. The van der Waals surface area contributed by atoms with Crippen molar-refractivity contribution in [3.63, 3.8) is 0 Å². The van der Waals surface area contributed by atoms with Crippen LogP contribution < -0.4 is 10.2 Å².